The Labute approximate surface area is 217 Å². The van der Waals surface area contributed by atoms with Gasteiger partial charge in [0.25, 0.3) is 15.9 Å². The summed E-state index contributed by atoms with van der Waals surface area (Å²) in [5, 5.41) is 2.01. The number of nitrogens with one attached hydrogen (secondary N) is 1. The molecule has 0 spiro atoms. The number of ether oxygens (including phenoxy) is 2. The number of thiazole rings is 1. The Hall–Kier alpha value is -3.84. The van der Waals surface area contributed by atoms with E-state index in [-0.39, 0.29) is 41.7 Å². The first-order valence-corrected chi connectivity index (χ1v) is 13.2. The van der Waals surface area contributed by atoms with Crippen LogP contribution in [-0.2, 0) is 30.9 Å². The summed E-state index contributed by atoms with van der Waals surface area (Å²) in [6.07, 6.45) is -0.0373. The molecule has 0 aliphatic carbocycles. The number of aromatic nitrogens is 1. The molecule has 0 atom stereocenters. The minimum Gasteiger partial charge on any atom is -0.497 e. The van der Waals surface area contributed by atoms with E-state index < -0.39 is 32.6 Å². The van der Waals surface area contributed by atoms with Crippen LogP contribution in [0.5, 0.6) is 5.75 Å². The zero-order valence-electron chi connectivity index (χ0n) is 20.1. The molecule has 13 heteroatoms. The number of carbonyl (C=O) groups is 3. The van der Waals surface area contributed by atoms with E-state index in [4.69, 9.17) is 9.47 Å². The lowest BCUT2D eigenvalue weighted by Crippen LogP contribution is -2.31. The Morgan fingerprint density at radius 1 is 1.19 bits per heavy atom. The summed E-state index contributed by atoms with van der Waals surface area (Å²) in [4.78, 5) is 38.2. The molecule has 0 radical (unpaired) electrons. The lowest BCUT2D eigenvalue weighted by Gasteiger charge is -2.24. The van der Waals surface area contributed by atoms with Crippen molar-refractivity contribution < 1.29 is 36.7 Å². The van der Waals surface area contributed by atoms with Gasteiger partial charge in [-0.3, -0.25) is 13.9 Å². The summed E-state index contributed by atoms with van der Waals surface area (Å²) < 4.78 is 53.5. The van der Waals surface area contributed by atoms with E-state index in [1.165, 1.54) is 12.6 Å². The molecule has 10 nitrogen and oxygen atoms in total. The molecule has 3 rings (SSSR count). The van der Waals surface area contributed by atoms with Crippen molar-refractivity contribution in [1.82, 2.24) is 4.98 Å². The molecule has 0 unspecified atom stereocenters. The number of esters is 1. The fraction of sp³-hybridized carbons (Fsp3) is 0.250. The molecule has 1 aromatic heterocycles. The summed E-state index contributed by atoms with van der Waals surface area (Å²) in [5.41, 5.74) is 1.30. The molecule has 0 bridgehead atoms. The first-order valence-electron chi connectivity index (χ1n) is 10.9. The molecular weight excluding hydrogens is 525 g/mol. The number of halogens is 1. The highest BCUT2D eigenvalue weighted by molar-refractivity contribution is 7.93. The van der Waals surface area contributed by atoms with Gasteiger partial charge in [0.1, 0.15) is 16.6 Å². The molecule has 0 fully saturated rings. The molecule has 2 aromatic carbocycles. The number of nitrogens with zero attached hydrogens (tertiary/aromatic N) is 2. The number of amides is 1. The number of hydrogen-bond acceptors (Lipinski definition) is 9. The van der Waals surface area contributed by atoms with Crippen molar-refractivity contribution in [1.29, 1.82) is 0 Å². The first-order chi connectivity index (χ1) is 17.6. The van der Waals surface area contributed by atoms with E-state index >= 15 is 0 Å². The Morgan fingerprint density at radius 2 is 1.89 bits per heavy atom. The van der Waals surface area contributed by atoms with Crippen molar-refractivity contribution >= 4 is 50.2 Å². The number of benzene rings is 2. The van der Waals surface area contributed by atoms with Crippen LogP contribution in [0.25, 0.3) is 0 Å². The standard InChI is InChI=1S/C24H24FN3O7S2/c1-15(2)13-35-24(31)22-23(36-14-26-22)28(11-16-4-6-17(34-3)7-5-16)37(32,33)18-8-9-20(19(25)10-18)27-21(30)12-29/h4-10,12,14-15H,11,13H2,1-3H3,(H,27,30). The number of hydrogen-bond donors (Lipinski definition) is 1. The normalized spacial score (nSPS) is 11.2. The van der Waals surface area contributed by atoms with Crippen LogP contribution in [0.3, 0.4) is 0 Å². The maximum atomic E-state index is 14.7. The van der Waals surface area contributed by atoms with Crippen LogP contribution in [0.2, 0.25) is 0 Å². The maximum Gasteiger partial charge on any atom is 0.360 e. The van der Waals surface area contributed by atoms with Crippen molar-refractivity contribution in [2.45, 2.75) is 25.3 Å². The molecule has 0 aliphatic rings. The second kappa shape index (κ2) is 11.9. The SMILES string of the molecule is COc1ccc(CN(c2scnc2C(=O)OCC(C)C)S(=O)(=O)c2ccc(NC(=O)C=O)c(F)c2)cc1. The second-order valence-corrected chi connectivity index (χ2v) is 10.8. The average molecular weight is 550 g/mol. The Balaban J connectivity index is 2.06. The monoisotopic (exact) mass is 549 g/mol. The largest absolute Gasteiger partial charge is 0.497 e. The lowest BCUT2D eigenvalue weighted by molar-refractivity contribution is -0.127. The first kappa shape index (κ1) is 27.7. The Kier molecular flexibility index (Phi) is 8.95. The van der Waals surface area contributed by atoms with Crippen LogP contribution >= 0.6 is 11.3 Å². The third-order valence-corrected chi connectivity index (χ3v) is 7.60. The smallest absolute Gasteiger partial charge is 0.360 e. The highest BCUT2D eigenvalue weighted by atomic mass is 32.2. The number of anilines is 2. The zero-order chi connectivity index (χ0) is 27.2. The van der Waals surface area contributed by atoms with Gasteiger partial charge >= 0.3 is 5.97 Å². The molecule has 0 aliphatic heterocycles. The fourth-order valence-corrected chi connectivity index (χ4v) is 5.56. The van der Waals surface area contributed by atoms with Crippen LogP contribution in [-0.4, -0.2) is 45.3 Å². The second-order valence-electron chi connectivity index (χ2n) is 8.11. The summed E-state index contributed by atoms with van der Waals surface area (Å²) in [6, 6.07) is 9.42. The van der Waals surface area contributed by atoms with Gasteiger partial charge in [0, 0.05) is 0 Å². The Morgan fingerprint density at radius 3 is 2.49 bits per heavy atom. The van der Waals surface area contributed by atoms with Gasteiger partial charge in [0.2, 0.25) is 6.29 Å². The van der Waals surface area contributed by atoms with Crippen LogP contribution in [0, 0.1) is 11.7 Å². The molecule has 1 N–H and O–H groups in total. The minimum absolute atomic E-state index is 0.0108. The van der Waals surface area contributed by atoms with E-state index in [1.54, 1.807) is 24.3 Å². The molecule has 0 saturated carbocycles. The molecule has 3 aromatic rings. The van der Waals surface area contributed by atoms with Gasteiger partial charge in [-0.05, 0) is 41.8 Å². The third kappa shape index (κ3) is 6.68. The van der Waals surface area contributed by atoms with Crippen molar-refractivity contribution in [2.24, 2.45) is 5.92 Å². The minimum atomic E-state index is -4.46. The van der Waals surface area contributed by atoms with Gasteiger partial charge in [-0.2, -0.15) is 0 Å². The van der Waals surface area contributed by atoms with Crippen molar-refractivity contribution in [3.05, 3.63) is 65.0 Å². The molecular formula is C24H24FN3O7S2. The van der Waals surface area contributed by atoms with E-state index in [2.05, 4.69) is 4.98 Å². The quantitative estimate of drug-likeness (QED) is 0.218. The number of methoxy groups -OCH3 is 1. The van der Waals surface area contributed by atoms with Gasteiger partial charge in [-0.25, -0.2) is 22.6 Å². The van der Waals surface area contributed by atoms with Crippen LogP contribution in [0.15, 0.2) is 52.9 Å². The number of carbonyl (C=O) groups excluding carboxylic acids is 3. The van der Waals surface area contributed by atoms with Crippen molar-refractivity contribution in [2.75, 3.05) is 23.3 Å². The molecule has 0 saturated heterocycles. The molecule has 37 heavy (non-hydrogen) atoms. The van der Waals surface area contributed by atoms with Gasteiger partial charge < -0.3 is 14.8 Å². The zero-order valence-corrected chi connectivity index (χ0v) is 21.8. The number of rotatable bonds is 11. The van der Waals surface area contributed by atoms with Crippen LogP contribution in [0.4, 0.5) is 15.1 Å². The highest BCUT2D eigenvalue weighted by Crippen LogP contribution is 2.34. The topological polar surface area (TPSA) is 132 Å². The molecule has 196 valence electrons. The van der Waals surface area contributed by atoms with Gasteiger partial charge in [-0.15, -0.1) is 11.3 Å². The van der Waals surface area contributed by atoms with E-state index in [1.807, 2.05) is 19.2 Å². The summed E-state index contributed by atoms with van der Waals surface area (Å²) in [5.74, 6) is -2.35. The predicted molar refractivity (Wildman–Crippen MR) is 135 cm³/mol. The van der Waals surface area contributed by atoms with Gasteiger partial charge in [0.15, 0.2) is 5.69 Å². The maximum absolute atomic E-state index is 14.7. The summed E-state index contributed by atoms with van der Waals surface area (Å²) >= 11 is 0.908. The summed E-state index contributed by atoms with van der Waals surface area (Å²) in [6.45, 7) is 3.60. The predicted octanol–water partition coefficient (Wildman–Crippen LogP) is 3.64. The average Bonchev–Trinajstić information content (AvgIpc) is 3.36. The number of aldehydes is 1. The Bertz CT molecular complexity index is 1390. The van der Waals surface area contributed by atoms with Crippen LogP contribution < -0.4 is 14.4 Å². The number of sulfonamides is 1. The summed E-state index contributed by atoms with van der Waals surface area (Å²) in [7, 11) is -2.96. The van der Waals surface area contributed by atoms with E-state index in [0.29, 0.717) is 17.4 Å². The van der Waals surface area contributed by atoms with E-state index in [0.717, 1.165) is 27.8 Å². The molecule has 1 heterocycles. The fourth-order valence-electron chi connectivity index (χ4n) is 3.08. The molecule has 1 amide bonds. The van der Waals surface area contributed by atoms with Crippen LogP contribution in [0.1, 0.15) is 29.9 Å². The third-order valence-electron chi connectivity index (χ3n) is 4.90. The van der Waals surface area contributed by atoms with Gasteiger partial charge in [-0.1, -0.05) is 26.0 Å². The van der Waals surface area contributed by atoms with Gasteiger partial charge in [0.05, 0.1) is 36.4 Å². The highest BCUT2D eigenvalue weighted by Gasteiger charge is 2.32. The van der Waals surface area contributed by atoms with Crippen molar-refractivity contribution in [3.8, 4) is 5.75 Å². The van der Waals surface area contributed by atoms with E-state index in [9.17, 15) is 27.2 Å². The van der Waals surface area contributed by atoms with Crippen molar-refractivity contribution in [3.63, 3.8) is 0 Å². The lowest BCUT2D eigenvalue weighted by atomic mass is 10.2.